The van der Waals surface area contributed by atoms with E-state index in [1.165, 1.54) is 59.5 Å². The van der Waals surface area contributed by atoms with Crippen molar-refractivity contribution in [3.05, 3.63) is 60.8 Å². The van der Waals surface area contributed by atoms with Crippen molar-refractivity contribution in [3.63, 3.8) is 0 Å². The molecule has 154 valence electrons. The molecule has 0 amide bonds. The quantitative estimate of drug-likeness (QED) is 0.476. The summed E-state index contributed by atoms with van der Waals surface area (Å²) in [6.07, 6.45) is 0.480. The monoisotopic (exact) mass is 422 g/mol. The molecule has 4 aromatic rings. The molecule has 0 radical (unpaired) electrons. The number of benzene rings is 1. The Morgan fingerprint density at radius 1 is 1.03 bits per heavy atom. The predicted molar refractivity (Wildman–Crippen MR) is 95.4 cm³/mol. The minimum absolute atomic E-state index is 0.0385. The fraction of sp³-hybridized carbons (Fsp3) is 0.111. The van der Waals surface area contributed by atoms with Crippen LogP contribution in [0.4, 0.5) is 33.5 Å². The Kier molecular flexibility index (Phi) is 4.90. The lowest BCUT2D eigenvalue weighted by Crippen LogP contribution is -2.09. The van der Waals surface area contributed by atoms with Crippen LogP contribution < -0.4 is 10.1 Å². The second kappa shape index (κ2) is 7.54. The highest BCUT2D eigenvalue weighted by atomic mass is 19.4. The lowest BCUT2D eigenvalue weighted by molar-refractivity contribution is -0.140. The number of alkyl halides is 5. The fourth-order valence-corrected chi connectivity index (χ4v) is 2.74. The van der Waals surface area contributed by atoms with E-state index in [0.29, 0.717) is 5.69 Å². The third kappa shape index (κ3) is 3.97. The number of hydrogen-bond donors (Lipinski definition) is 1. The van der Waals surface area contributed by atoms with Gasteiger partial charge in [0, 0.05) is 18.1 Å². The Morgan fingerprint density at radius 2 is 1.80 bits per heavy atom. The Bertz CT molecular complexity index is 1180. The van der Waals surface area contributed by atoms with Crippen LogP contribution in [0.2, 0.25) is 0 Å². The van der Waals surface area contributed by atoms with Crippen LogP contribution in [-0.4, -0.2) is 30.9 Å². The number of rotatable bonds is 5. The maximum Gasteiger partial charge on any atom is 0.435 e. The van der Waals surface area contributed by atoms with E-state index in [9.17, 15) is 22.0 Å². The van der Waals surface area contributed by atoms with Gasteiger partial charge in [-0.15, -0.1) is 0 Å². The molecule has 0 aliphatic rings. The van der Waals surface area contributed by atoms with Crippen LogP contribution in [0, 0.1) is 0 Å². The molecule has 30 heavy (non-hydrogen) atoms. The van der Waals surface area contributed by atoms with Gasteiger partial charge in [0.2, 0.25) is 5.78 Å². The molecular weight excluding hydrogens is 411 g/mol. The van der Waals surface area contributed by atoms with Gasteiger partial charge in [-0.25, -0.2) is 15.0 Å². The Morgan fingerprint density at radius 3 is 2.50 bits per heavy atom. The van der Waals surface area contributed by atoms with Crippen molar-refractivity contribution in [1.29, 1.82) is 0 Å². The van der Waals surface area contributed by atoms with Crippen molar-refractivity contribution < 1.29 is 26.7 Å². The molecule has 0 spiro atoms. The number of anilines is 2. The zero-order valence-electron chi connectivity index (χ0n) is 14.8. The molecule has 0 atom stereocenters. The van der Waals surface area contributed by atoms with Gasteiger partial charge < -0.3 is 10.1 Å². The van der Waals surface area contributed by atoms with Gasteiger partial charge in [-0.3, -0.25) is 9.38 Å². The second-order valence-electron chi connectivity index (χ2n) is 5.91. The average Bonchev–Trinajstić information content (AvgIpc) is 3.10. The van der Waals surface area contributed by atoms with E-state index >= 15 is 0 Å². The zero-order chi connectivity index (χ0) is 21.3. The van der Waals surface area contributed by atoms with E-state index in [1.807, 2.05) is 0 Å². The van der Waals surface area contributed by atoms with Crippen LogP contribution in [0.15, 0.2) is 55.1 Å². The van der Waals surface area contributed by atoms with E-state index in [-0.39, 0.29) is 28.7 Å². The zero-order valence-corrected chi connectivity index (χ0v) is 14.8. The van der Waals surface area contributed by atoms with Crippen LogP contribution in [0.3, 0.4) is 0 Å². The molecule has 0 bridgehead atoms. The third-order valence-corrected chi connectivity index (χ3v) is 3.90. The van der Waals surface area contributed by atoms with Crippen LogP contribution >= 0.6 is 0 Å². The third-order valence-electron chi connectivity index (χ3n) is 3.90. The van der Waals surface area contributed by atoms with Crippen molar-refractivity contribution >= 4 is 17.3 Å². The van der Waals surface area contributed by atoms with Gasteiger partial charge in [-0.05, 0) is 30.3 Å². The van der Waals surface area contributed by atoms with Crippen molar-refractivity contribution in [1.82, 2.24) is 24.3 Å². The summed E-state index contributed by atoms with van der Waals surface area (Å²) in [7, 11) is 0. The van der Waals surface area contributed by atoms with Crippen molar-refractivity contribution in [2.24, 2.45) is 0 Å². The van der Waals surface area contributed by atoms with Gasteiger partial charge in [-0.2, -0.15) is 22.0 Å². The fourth-order valence-electron chi connectivity index (χ4n) is 2.74. The van der Waals surface area contributed by atoms with Gasteiger partial charge in [0.05, 0.1) is 12.4 Å². The van der Waals surface area contributed by atoms with E-state index in [2.05, 4.69) is 30.0 Å². The van der Waals surface area contributed by atoms with Gasteiger partial charge >= 0.3 is 12.8 Å². The molecule has 4 rings (SSSR count). The first-order chi connectivity index (χ1) is 14.3. The Hall–Kier alpha value is -3.83. The minimum Gasteiger partial charge on any atom is -0.435 e. The van der Waals surface area contributed by atoms with Gasteiger partial charge in [0.15, 0.2) is 5.69 Å². The van der Waals surface area contributed by atoms with E-state index < -0.39 is 18.5 Å². The molecule has 12 heteroatoms. The maximum atomic E-state index is 13.5. The molecule has 3 heterocycles. The summed E-state index contributed by atoms with van der Waals surface area (Å²) in [6, 6.07) is 6.99. The first-order valence-electron chi connectivity index (χ1n) is 8.36. The van der Waals surface area contributed by atoms with Crippen LogP contribution in [-0.2, 0) is 6.18 Å². The predicted octanol–water partition coefficient (Wildman–Crippen LogP) is 4.55. The first kappa shape index (κ1) is 19.5. The normalized spacial score (nSPS) is 11.8. The second-order valence-corrected chi connectivity index (χ2v) is 5.91. The van der Waals surface area contributed by atoms with E-state index in [0.717, 1.165) is 0 Å². The van der Waals surface area contributed by atoms with E-state index in [1.54, 1.807) is 0 Å². The van der Waals surface area contributed by atoms with Gasteiger partial charge in [-0.1, -0.05) is 0 Å². The summed E-state index contributed by atoms with van der Waals surface area (Å²) in [5, 5.41) is 2.85. The minimum atomic E-state index is -4.73. The van der Waals surface area contributed by atoms with Crippen LogP contribution in [0.5, 0.6) is 5.75 Å². The summed E-state index contributed by atoms with van der Waals surface area (Å²) in [6.45, 7) is -2.95. The molecule has 1 aromatic carbocycles. The van der Waals surface area contributed by atoms with Crippen molar-refractivity contribution in [2.45, 2.75) is 12.8 Å². The highest BCUT2D eigenvalue weighted by molar-refractivity contribution is 5.65. The summed E-state index contributed by atoms with van der Waals surface area (Å²) < 4.78 is 70.4. The molecule has 0 saturated heterocycles. The van der Waals surface area contributed by atoms with Crippen LogP contribution in [0.25, 0.3) is 17.2 Å². The topological polar surface area (TPSA) is 77.2 Å². The van der Waals surface area contributed by atoms with Gasteiger partial charge in [0.25, 0.3) is 0 Å². The lowest BCUT2D eigenvalue weighted by Gasteiger charge is -2.10. The highest BCUT2D eigenvalue weighted by Gasteiger charge is 2.39. The number of halogens is 5. The van der Waals surface area contributed by atoms with E-state index in [4.69, 9.17) is 0 Å². The smallest absolute Gasteiger partial charge is 0.435 e. The summed E-state index contributed by atoms with van der Waals surface area (Å²) in [5.74, 6) is -0.0277. The van der Waals surface area contributed by atoms with Gasteiger partial charge in [0.1, 0.15) is 23.0 Å². The first-order valence-corrected chi connectivity index (χ1v) is 8.36. The number of hydrogen-bond acceptors (Lipinski definition) is 6. The molecule has 1 N–H and O–H groups in total. The largest absolute Gasteiger partial charge is 0.435 e. The molecule has 0 aliphatic heterocycles. The highest BCUT2D eigenvalue weighted by Crippen LogP contribution is 2.36. The number of nitrogens with zero attached hydrogens (tertiary/aromatic N) is 5. The summed E-state index contributed by atoms with van der Waals surface area (Å²) in [4.78, 5) is 15.6. The number of ether oxygens (including phenoxy) is 1. The molecule has 0 aliphatic carbocycles. The van der Waals surface area contributed by atoms with Crippen LogP contribution in [0.1, 0.15) is 5.69 Å². The van der Waals surface area contributed by atoms with Crippen molar-refractivity contribution in [2.75, 3.05) is 5.32 Å². The Balaban J connectivity index is 1.69. The molecule has 0 unspecified atom stereocenters. The molecule has 0 saturated carbocycles. The Labute approximate surface area is 165 Å². The number of nitrogens with one attached hydrogen (secondary N) is 1. The summed E-state index contributed by atoms with van der Waals surface area (Å²) in [5.41, 5.74) is -1.08. The molecule has 7 nitrogen and oxygen atoms in total. The average molecular weight is 422 g/mol. The maximum absolute atomic E-state index is 13.5. The lowest BCUT2D eigenvalue weighted by atomic mass is 10.2. The number of aromatic nitrogens is 5. The number of fused-ring (bicyclic) bond motifs is 1. The molecule has 3 aromatic heterocycles. The SMILES string of the molecule is FC(F)Oc1ccc(Nc2cncc(-c3c(C(F)(F)F)nc4ncccn34)n2)cc1. The summed E-state index contributed by atoms with van der Waals surface area (Å²) >= 11 is 0. The van der Waals surface area contributed by atoms with Crippen molar-refractivity contribution in [3.8, 4) is 17.1 Å². The molecule has 0 fully saturated rings. The standard InChI is InChI=1S/C18H11F5N6O/c19-16(20)30-11-4-2-10(3-5-11)26-13-9-24-8-12(27-13)14-15(18(21,22)23)28-17-25-6-1-7-29(14)17/h1-9,16H,(H,26,27). The number of imidazole rings is 1. The molecular formula is C18H11F5N6O.